The first kappa shape index (κ1) is 15.4. The van der Waals surface area contributed by atoms with Crippen molar-refractivity contribution in [1.82, 2.24) is 9.55 Å². The topological polar surface area (TPSA) is 190 Å². The first-order valence-corrected chi connectivity index (χ1v) is 5.52. The Morgan fingerprint density at radius 3 is 1.70 bits per heavy atom. The van der Waals surface area contributed by atoms with Gasteiger partial charge in [-0.15, -0.1) is 0 Å². The Labute approximate surface area is 124 Å². The molecule has 0 aliphatic rings. The van der Waals surface area contributed by atoms with Crippen molar-refractivity contribution in [3.05, 3.63) is 65.1 Å². The molecule has 0 bridgehead atoms. The Kier molecular flexibility index (Phi) is 3.64. The maximum absolute atomic E-state index is 11.1. The molecule has 23 heavy (non-hydrogen) atoms. The molecule has 2 rings (SSSR count). The highest BCUT2D eigenvalue weighted by atomic mass is 16.6. The van der Waals surface area contributed by atoms with Gasteiger partial charge >= 0.3 is 17.2 Å². The highest BCUT2D eigenvalue weighted by Gasteiger charge is 2.33. The van der Waals surface area contributed by atoms with E-state index in [1.165, 1.54) is 0 Å². The lowest BCUT2D eigenvalue weighted by atomic mass is 10.2. The van der Waals surface area contributed by atoms with Crippen molar-refractivity contribution < 1.29 is 19.7 Å². The number of hydrogen-bond acceptors (Lipinski definition) is 9. The van der Waals surface area contributed by atoms with Crippen LogP contribution in [0.1, 0.15) is 0 Å². The number of rotatable bonds is 5. The van der Waals surface area contributed by atoms with Crippen LogP contribution >= 0.6 is 0 Å². The van der Waals surface area contributed by atoms with Crippen LogP contribution < -0.4 is 0 Å². The molecule has 0 aliphatic carbocycles. The second-order valence-electron chi connectivity index (χ2n) is 4.00. The number of imidazole rings is 1. The molecule has 0 N–H and O–H groups in total. The van der Waals surface area contributed by atoms with Crippen LogP contribution in [0.3, 0.4) is 0 Å². The number of nitro benzene ring substituents is 3. The van der Waals surface area contributed by atoms with Crippen LogP contribution in [0, 0.1) is 40.5 Å². The van der Waals surface area contributed by atoms with Gasteiger partial charge in [-0.1, -0.05) is 0 Å². The van der Waals surface area contributed by atoms with Crippen molar-refractivity contribution in [3.63, 3.8) is 0 Å². The molecule has 0 atom stereocenters. The van der Waals surface area contributed by atoms with E-state index in [0.717, 1.165) is 12.5 Å². The summed E-state index contributed by atoms with van der Waals surface area (Å²) < 4.78 is 0.693. The predicted molar refractivity (Wildman–Crippen MR) is 70.2 cm³/mol. The van der Waals surface area contributed by atoms with E-state index in [4.69, 9.17) is 0 Å². The fraction of sp³-hybridized carbons (Fsp3) is 0. The number of non-ortho nitro benzene ring substituents is 1. The zero-order chi connectivity index (χ0) is 17.3. The van der Waals surface area contributed by atoms with Crippen molar-refractivity contribution in [2.45, 2.75) is 0 Å². The van der Waals surface area contributed by atoms with Crippen LogP contribution in [-0.2, 0) is 0 Å². The third-order valence-corrected chi connectivity index (χ3v) is 2.67. The largest absolute Gasteiger partial charge is 0.381 e. The lowest BCUT2D eigenvalue weighted by Gasteiger charge is -2.03. The second kappa shape index (κ2) is 5.43. The summed E-state index contributed by atoms with van der Waals surface area (Å²) in [6.07, 6.45) is 1.49. The van der Waals surface area contributed by atoms with Crippen molar-refractivity contribution in [2.75, 3.05) is 0 Å². The van der Waals surface area contributed by atoms with E-state index < -0.39 is 48.3 Å². The zero-order valence-electron chi connectivity index (χ0n) is 10.8. The summed E-state index contributed by atoms with van der Waals surface area (Å²) >= 11 is 0. The molecular weight excluding hydrogens is 320 g/mol. The van der Waals surface area contributed by atoms with Gasteiger partial charge in [-0.2, -0.15) is 0 Å². The quantitative estimate of drug-likeness (QED) is 0.578. The van der Waals surface area contributed by atoms with Gasteiger partial charge < -0.3 is 10.1 Å². The number of nitrogens with zero attached hydrogens (tertiary/aromatic N) is 6. The zero-order valence-corrected chi connectivity index (χ0v) is 10.8. The summed E-state index contributed by atoms with van der Waals surface area (Å²) in [5.74, 6) is -0.702. The molecule has 1 heterocycles. The van der Waals surface area contributed by atoms with E-state index in [-0.39, 0.29) is 0 Å². The molecule has 118 valence electrons. The second-order valence-corrected chi connectivity index (χ2v) is 4.00. The first-order chi connectivity index (χ1) is 10.7. The number of benzene rings is 1. The van der Waals surface area contributed by atoms with Crippen molar-refractivity contribution in [1.29, 1.82) is 0 Å². The van der Waals surface area contributed by atoms with Crippen LogP contribution in [0.4, 0.5) is 22.9 Å². The third kappa shape index (κ3) is 2.75. The summed E-state index contributed by atoms with van der Waals surface area (Å²) in [5.41, 5.74) is -3.45. The van der Waals surface area contributed by atoms with Gasteiger partial charge in [-0.05, 0) is 9.91 Å². The molecule has 0 fully saturated rings. The van der Waals surface area contributed by atoms with Gasteiger partial charge in [0.15, 0.2) is 0 Å². The minimum atomic E-state index is -1.07. The van der Waals surface area contributed by atoms with Crippen molar-refractivity contribution >= 4 is 22.9 Å². The standard InChI is InChI=1S/C9H4N6O8/c16-12(17)5-1-6(13(18)19)9(7(2-5)14(20)21)11-3-8(10-4-11)15(22)23/h1-4H. The van der Waals surface area contributed by atoms with Gasteiger partial charge in [0.05, 0.1) is 26.9 Å². The fourth-order valence-corrected chi connectivity index (χ4v) is 1.77. The van der Waals surface area contributed by atoms with Gasteiger partial charge in [0, 0.05) is 0 Å². The van der Waals surface area contributed by atoms with Crippen LogP contribution in [-0.4, -0.2) is 29.2 Å². The van der Waals surface area contributed by atoms with Crippen LogP contribution in [0.15, 0.2) is 24.7 Å². The Bertz CT molecular complexity index is 822. The maximum Gasteiger partial charge on any atom is 0.381 e. The van der Waals surface area contributed by atoms with E-state index in [9.17, 15) is 40.5 Å². The van der Waals surface area contributed by atoms with E-state index >= 15 is 0 Å². The van der Waals surface area contributed by atoms with Crippen LogP contribution in [0.5, 0.6) is 0 Å². The lowest BCUT2D eigenvalue weighted by Crippen LogP contribution is -2.05. The van der Waals surface area contributed by atoms with Gasteiger partial charge in [0.1, 0.15) is 6.20 Å². The summed E-state index contributed by atoms with van der Waals surface area (Å²) in [4.78, 5) is 42.8. The van der Waals surface area contributed by atoms with Gasteiger partial charge in [0.2, 0.25) is 12.0 Å². The molecule has 0 unspecified atom stereocenters. The normalized spacial score (nSPS) is 10.3. The van der Waals surface area contributed by atoms with E-state index in [1.807, 2.05) is 0 Å². The Hall–Kier alpha value is -3.97. The average molecular weight is 324 g/mol. The molecule has 14 heteroatoms. The predicted octanol–water partition coefficient (Wildman–Crippen LogP) is 1.51. The Morgan fingerprint density at radius 2 is 1.35 bits per heavy atom. The SMILES string of the molecule is O=[N+]([O-])c1cc([N+](=O)[O-])c(-n2cnc([N+](=O)[O-])c2)c([N+](=O)[O-])c1. The minimum absolute atomic E-state index is 0.522. The van der Waals surface area contributed by atoms with E-state index in [1.54, 1.807) is 0 Å². The van der Waals surface area contributed by atoms with Gasteiger partial charge in [-0.25, -0.2) is 0 Å². The summed E-state index contributed by atoms with van der Waals surface area (Å²) in [5, 5.41) is 43.5. The Balaban J connectivity index is 2.82. The molecule has 1 aromatic carbocycles. The van der Waals surface area contributed by atoms with E-state index in [0.29, 0.717) is 16.7 Å². The number of hydrogen-bond donors (Lipinski definition) is 0. The molecule has 0 amide bonds. The van der Waals surface area contributed by atoms with Crippen molar-refractivity contribution in [2.24, 2.45) is 0 Å². The van der Waals surface area contributed by atoms with Crippen molar-refractivity contribution in [3.8, 4) is 5.69 Å². The highest BCUT2D eigenvalue weighted by molar-refractivity contribution is 5.70. The minimum Gasteiger partial charge on any atom is -0.358 e. The molecule has 2 aromatic rings. The number of nitro groups is 4. The third-order valence-electron chi connectivity index (χ3n) is 2.67. The molecule has 0 saturated heterocycles. The van der Waals surface area contributed by atoms with Gasteiger partial charge in [-0.3, -0.25) is 34.9 Å². The first-order valence-electron chi connectivity index (χ1n) is 5.52. The fourth-order valence-electron chi connectivity index (χ4n) is 1.77. The molecule has 1 aromatic heterocycles. The Morgan fingerprint density at radius 1 is 0.826 bits per heavy atom. The van der Waals surface area contributed by atoms with Gasteiger partial charge in [0.25, 0.3) is 5.69 Å². The highest BCUT2D eigenvalue weighted by Crippen LogP contribution is 2.37. The van der Waals surface area contributed by atoms with Crippen LogP contribution in [0.25, 0.3) is 5.69 Å². The molecule has 0 aliphatic heterocycles. The molecular formula is C9H4N6O8. The molecule has 0 saturated carbocycles. The monoisotopic (exact) mass is 324 g/mol. The summed E-state index contributed by atoms with van der Waals surface area (Å²) in [7, 11) is 0. The van der Waals surface area contributed by atoms with E-state index in [2.05, 4.69) is 4.98 Å². The lowest BCUT2D eigenvalue weighted by molar-refractivity contribution is -0.402. The molecule has 0 spiro atoms. The smallest absolute Gasteiger partial charge is 0.358 e. The van der Waals surface area contributed by atoms with Crippen LogP contribution in [0.2, 0.25) is 0 Å². The molecule has 0 radical (unpaired) electrons. The summed E-state index contributed by atoms with van der Waals surface area (Å²) in [6, 6.07) is 1.04. The summed E-state index contributed by atoms with van der Waals surface area (Å²) in [6.45, 7) is 0. The number of aromatic nitrogens is 2. The molecule has 14 nitrogen and oxygen atoms in total. The maximum atomic E-state index is 11.1. The average Bonchev–Trinajstić information content (AvgIpc) is 2.95.